The maximum atomic E-state index is 10.6. The van der Waals surface area contributed by atoms with Crippen LogP contribution in [0.2, 0.25) is 0 Å². The van der Waals surface area contributed by atoms with Gasteiger partial charge in [-0.25, -0.2) is 4.79 Å². The number of carboxylic acid groups (broad SMARTS) is 1. The fourth-order valence-electron chi connectivity index (χ4n) is 0.862. The van der Waals surface area contributed by atoms with Gasteiger partial charge in [0.2, 0.25) is 0 Å². The lowest BCUT2D eigenvalue weighted by Crippen LogP contribution is -2.27. The van der Waals surface area contributed by atoms with Crippen molar-refractivity contribution in [2.45, 2.75) is 12.6 Å². The van der Waals surface area contributed by atoms with Crippen molar-refractivity contribution in [3.8, 4) is 0 Å². The Hall–Kier alpha value is -0.880. The van der Waals surface area contributed by atoms with E-state index in [2.05, 4.69) is 21.0 Å². The Bertz CT molecular complexity index is 300. The molecule has 0 radical (unpaired) electrons. The van der Waals surface area contributed by atoms with Crippen LogP contribution in [0.25, 0.3) is 0 Å². The Morgan fingerprint density at radius 2 is 2.62 bits per heavy atom. The van der Waals surface area contributed by atoms with E-state index in [1.165, 1.54) is 11.8 Å². The fraction of sp³-hybridized carbons (Fsp3) is 0.429. The third-order valence-corrected chi connectivity index (χ3v) is 1.92. The average Bonchev–Trinajstić information content (AvgIpc) is 2.46. The summed E-state index contributed by atoms with van der Waals surface area (Å²) in [6.45, 7) is 0.206. The van der Waals surface area contributed by atoms with E-state index in [4.69, 9.17) is 9.84 Å². The van der Waals surface area contributed by atoms with Gasteiger partial charge in [-0.05, 0) is 15.9 Å². The molecule has 0 spiro atoms. The Morgan fingerprint density at radius 3 is 3.00 bits per heavy atom. The molecule has 1 N–H and O–H groups in total. The van der Waals surface area contributed by atoms with Crippen LogP contribution in [0.4, 0.5) is 0 Å². The summed E-state index contributed by atoms with van der Waals surface area (Å²) in [5, 5.41) is 12.6. The molecule has 13 heavy (non-hydrogen) atoms. The Labute approximate surface area is 83.4 Å². The summed E-state index contributed by atoms with van der Waals surface area (Å²) in [4.78, 5) is 10.6. The number of hydrogen-bond donors (Lipinski definition) is 1. The molecule has 0 saturated carbocycles. The molecule has 0 aliphatic carbocycles. The van der Waals surface area contributed by atoms with Gasteiger partial charge in [0, 0.05) is 13.3 Å². The average molecular weight is 249 g/mol. The Kier molecular flexibility index (Phi) is 3.44. The van der Waals surface area contributed by atoms with Crippen molar-refractivity contribution in [3.05, 3.63) is 16.9 Å². The standard InChI is InChI=1S/C7H9BrN2O3/c1-13-6(7(11)12)4-10-3-5(8)2-9-10/h2-3,6H,4H2,1H3,(H,11,12). The molecule has 0 fully saturated rings. The van der Waals surface area contributed by atoms with Gasteiger partial charge in [0.15, 0.2) is 6.10 Å². The van der Waals surface area contributed by atoms with Crippen molar-refractivity contribution in [1.82, 2.24) is 9.78 Å². The molecule has 1 aromatic heterocycles. The van der Waals surface area contributed by atoms with Crippen molar-refractivity contribution in [2.24, 2.45) is 0 Å². The summed E-state index contributed by atoms with van der Waals surface area (Å²) in [6, 6.07) is 0. The highest BCUT2D eigenvalue weighted by Gasteiger charge is 2.16. The lowest BCUT2D eigenvalue weighted by molar-refractivity contribution is -0.149. The molecular weight excluding hydrogens is 240 g/mol. The van der Waals surface area contributed by atoms with Gasteiger partial charge in [-0.2, -0.15) is 5.10 Å². The summed E-state index contributed by atoms with van der Waals surface area (Å²) in [6.07, 6.45) is 2.43. The van der Waals surface area contributed by atoms with Crippen LogP contribution in [-0.2, 0) is 16.1 Å². The van der Waals surface area contributed by atoms with Crippen LogP contribution in [0, 0.1) is 0 Å². The number of rotatable bonds is 4. The predicted molar refractivity (Wildman–Crippen MR) is 48.4 cm³/mol. The largest absolute Gasteiger partial charge is 0.479 e. The number of ether oxygens (including phenoxy) is 1. The smallest absolute Gasteiger partial charge is 0.334 e. The minimum atomic E-state index is -0.992. The van der Waals surface area contributed by atoms with Crippen LogP contribution < -0.4 is 0 Å². The zero-order valence-electron chi connectivity index (χ0n) is 6.98. The van der Waals surface area contributed by atoms with Crippen molar-refractivity contribution >= 4 is 21.9 Å². The molecule has 0 aliphatic heterocycles. The quantitative estimate of drug-likeness (QED) is 0.854. The van der Waals surface area contributed by atoms with Gasteiger partial charge in [0.05, 0.1) is 17.2 Å². The van der Waals surface area contributed by atoms with Crippen LogP contribution in [-0.4, -0.2) is 34.1 Å². The zero-order chi connectivity index (χ0) is 9.84. The highest BCUT2D eigenvalue weighted by atomic mass is 79.9. The Balaban J connectivity index is 2.61. The first-order valence-electron chi connectivity index (χ1n) is 3.57. The van der Waals surface area contributed by atoms with Crippen LogP contribution in [0.5, 0.6) is 0 Å². The first kappa shape index (κ1) is 10.2. The Morgan fingerprint density at radius 1 is 1.92 bits per heavy atom. The van der Waals surface area contributed by atoms with E-state index >= 15 is 0 Å². The minimum Gasteiger partial charge on any atom is -0.479 e. The molecule has 0 aromatic carbocycles. The summed E-state index contributed by atoms with van der Waals surface area (Å²) in [5.74, 6) is -0.992. The summed E-state index contributed by atoms with van der Waals surface area (Å²) >= 11 is 3.21. The number of hydrogen-bond acceptors (Lipinski definition) is 3. The number of halogens is 1. The highest BCUT2D eigenvalue weighted by Crippen LogP contribution is 2.07. The number of nitrogens with zero attached hydrogens (tertiary/aromatic N) is 2. The normalized spacial score (nSPS) is 12.8. The van der Waals surface area contributed by atoms with Crippen molar-refractivity contribution < 1.29 is 14.6 Å². The molecule has 1 heterocycles. The molecule has 1 unspecified atom stereocenters. The number of carbonyl (C=O) groups is 1. The number of aliphatic carboxylic acids is 1. The third-order valence-electron chi connectivity index (χ3n) is 1.51. The number of aromatic nitrogens is 2. The van der Waals surface area contributed by atoms with Crippen LogP contribution >= 0.6 is 15.9 Å². The van der Waals surface area contributed by atoms with Gasteiger partial charge in [-0.3, -0.25) is 4.68 Å². The SMILES string of the molecule is COC(Cn1cc(Br)cn1)C(=O)O. The molecule has 5 nitrogen and oxygen atoms in total. The van der Waals surface area contributed by atoms with Crippen LogP contribution in [0.3, 0.4) is 0 Å². The minimum absolute atomic E-state index is 0.206. The van der Waals surface area contributed by atoms with Crippen molar-refractivity contribution in [1.29, 1.82) is 0 Å². The molecule has 0 bridgehead atoms. The first-order chi connectivity index (χ1) is 6.13. The highest BCUT2D eigenvalue weighted by molar-refractivity contribution is 9.10. The zero-order valence-corrected chi connectivity index (χ0v) is 8.56. The van der Waals surface area contributed by atoms with Gasteiger partial charge >= 0.3 is 5.97 Å². The van der Waals surface area contributed by atoms with E-state index in [1.54, 1.807) is 12.4 Å². The van der Waals surface area contributed by atoms with Gasteiger partial charge in [-0.15, -0.1) is 0 Å². The number of methoxy groups -OCH3 is 1. The van der Waals surface area contributed by atoms with Gasteiger partial charge in [-0.1, -0.05) is 0 Å². The summed E-state index contributed by atoms with van der Waals surface area (Å²) < 4.78 is 7.07. The lowest BCUT2D eigenvalue weighted by Gasteiger charge is -2.09. The topological polar surface area (TPSA) is 64.4 Å². The second kappa shape index (κ2) is 4.38. The molecular formula is C7H9BrN2O3. The van der Waals surface area contributed by atoms with Crippen molar-refractivity contribution in [2.75, 3.05) is 7.11 Å². The van der Waals surface area contributed by atoms with Gasteiger partial charge in [0.25, 0.3) is 0 Å². The van der Waals surface area contributed by atoms with Crippen molar-refractivity contribution in [3.63, 3.8) is 0 Å². The fourth-order valence-corrected chi connectivity index (χ4v) is 1.19. The van der Waals surface area contributed by atoms with Gasteiger partial charge in [0.1, 0.15) is 0 Å². The van der Waals surface area contributed by atoms with E-state index < -0.39 is 12.1 Å². The van der Waals surface area contributed by atoms with Crippen LogP contribution in [0.15, 0.2) is 16.9 Å². The molecule has 0 aliphatic rings. The molecule has 0 amide bonds. The van der Waals surface area contributed by atoms with E-state index in [0.717, 1.165) is 4.47 Å². The maximum absolute atomic E-state index is 10.6. The van der Waals surface area contributed by atoms with E-state index in [0.29, 0.717) is 0 Å². The molecule has 6 heteroatoms. The second-order valence-corrected chi connectivity index (χ2v) is 3.36. The molecule has 1 atom stereocenters. The molecule has 0 saturated heterocycles. The first-order valence-corrected chi connectivity index (χ1v) is 4.36. The van der Waals surface area contributed by atoms with Crippen LogP contribution in [0.1, 0.15) is 0 Å². The van der Waals surface area contributed by atoms with Gasteiger partial charge < -0.3 is 9.84 Å². The molecule has 72 valence electrons. The molecule has 1 aromatic rings. The third kappa shape index (κ3) is 2.82. The molecule has 1 rings (SSSR count). The van der Waals surface area contributed by atoms with E-state index in [9.17, 15) is 4.79 Å². The maximum Gasteiger partial charge on any atom is 0.334 e. The number of carboxylic acids is 1. The van der Waals surface area contributed by atoms with E-state index in [1.807, 2.05) is 0 Å². The second-order valence-electron chi connectivity index (χ2n) is 2.44. The summed E-state index contributed by atoms with van der Waals surface area (Å²) in [7, 11) is 1.36. The monoisotopic (exact) mass is 248 g/mol. The predicted octanol–water partition coefficient (Wildman–Crippen LogP) is 0.745. The van der Waals surface area contributed by atoms with E-state index in [-0.39, 0.29) is 6.54 Å². The lowest BCUT2D eigenvalue weighted by atomic mass is 10.3. The summed E-state index contributed by atoms with van der Waals surface area (Å²) in [5.41, 5.74) is 0.